The van der Waals surface area contributed by atoms with Gasteiger partial charge in [-0.15, -0.1) is 0 Å². The van der Waals surface area contributed by atoms with Crippen LogP contribution < -0.4 is 5.73 Å². The Kier molecular flexibility index (Phi) is 4.19. The van der Waals surface area contributed by atoms with E-state index in [9.17, 15) is 0 Å². The van der Waals surface area contributed by atoms with Crippen LogP contribution in [0, 0.1) is 11.3 Å². The molecule has 0 amide bonds. The smallest absolute Gasteiger partial charge is 0.0112 e. The van der Waals surface area contributed by atoms with Gasteiger partial charge in [0.1, 0.15) is 0 Å². The molecule has 90 valence electrons. The highest BCUT2D eigenvalue weighted by atomic mass is 15.1. The van der Waals surface area contributed by atoms with Crippen LogP contribution in [0.1, 0.15) is 47.0 Å². The number of nitrogens with zero attached hydrogens (tertiary/aromatic N) is 1. The molecule has 1 aliphatic rings. The monoisotopic (exact) mass is 212 g/mol. The van der Waals surface area contributed by atoms with Crippen LogP contribution in [0.25, 0.3) is 0 Å². The first kappa shape index (κ1) is 13.0. The van der Waals surface area contributed by atoms with Crippen molar-refractivity contribution < 1.29 is 0 Å². The fraction of sp³-hybridized carbons (Fsp3) is 1.00. The second-order valence-corrected chi connectivity index (χ2v) is 6.31. The van der Waals surface area contributed by atoms with Crippen molar-refractivity contribution in [2.45, 2.75) is 59.0 Å². The average molecular weight is 212 g/mol. The van der Waals surface area contributed by atoms with Gasteiger partial charge in [0.25, 0.3) is 0 Å². The second kappa shape index (κ2) is 4.84. The van der Waals surface area contributed by atoms with Gasteiger partial charge in [-0.25, -0.2) is 0 Å². The molecular weight excluding hydrogens is 184 g/mol. The van der Waals surface area contributed by atoms with Gasteiger partial charge in [0, 0.05) is 12.1 Å². The van der Waals surface area contributed by atoms with E-state index in [0.717, 1.165) is 18.9 Å². The molecule has 1 aliphatic carbocycles. The highest BCUT2D eigenvalue weighted by Crippen LogP contribution is 2.33. The van der Waals surface area contributed by atoms with Crippen LogP contribution in [0.2, 0.25) is 0 Å². The molecule has 2 unspecified atom stereocenters. The molecular formula is C13H28N2. The van der Waals surface area contributed by atoms with Crippen LogP contribution in [0.5, 0.6) is 0 Å². The standard InChI is InChI=1S/C13H28N2/c1-10(13(2,3)4)15(5)9-8-12(14)11-6-7-11/h10-12H,6-9,14H2,1-5H3. The summed E-state index contributed by atoms with van der Waals surface area (Å²) in [5.41, 5.74) is 6.47. The highest BCUT2D eigenvalue weighted by Gasteiger charge is 2.29. The third kappa shape index (κ3) is 4.12. The maximum Gasteiger partial charge on any atom is 0.0112 e. The molecule has 0 saturated heterocycles. The van der Waals surface area contributed by atoms with Crippen LogP contribution >= 0.6 is 0 Å². The third-order valence-electron chi connectivity index (χ3n) is 3.96. The van der Waals surface area contributed by atoms with E-state index in [2.05, 4.69) is 39.6 Å². The maximum absolute atomic E-state index is 6.11. The van der Waals surface area contributed by atoms with E-state index in [-0.39, 0.29) is 0 Å². The minimum absolute atomic E-state index is 0.360. The molecule has 0 bridgehead atoms. The Morgan fingerprint density at radius 3 is 2.27 bits per heavy atom. The zero-order valence-electron chi connectivity index (χ0n) is 11.1. The lowest BCUT2D eigenvalue weighted by atomic mass is 9.87. The Labute approximate surface area is 95.2 Å². The molecule has 1 saturated carbocycles. The van der Waals surface area contributed by atoms with Crippen LogP contribution in [0.15, 0.2) is 0 Å². The molecule has 2 N–H and O–H groups in total. The molecule has 2 nitrogen and oxygen atoms in total. The summed E-state index contributed by atoms with van der Waals surface area (Å²) >= 11 is 0. The Morgan fingerprint density at radius 1 is 1.33 bits per heavy atom. The summed E-state index contributed by atoms with van der Waals surface area (Å²) in [7, 11) is 2.22. The molecule has 0 aromatic rings. The molecule has 1 rings (SSSR count). The molecule has 0 aromatic heterocycles. The van der Waals surface area contributed by atoms with Crippen molar-refractivity contribution in [1.29, 1.82) is 0 Å². The summed E-state index contributed by atoms with van der Waals surface area (Å²) in [6.45, 7) is 10.3. The average Bonchev–Trinajstić information content (AvgIpc) is 2.93. The van der Waals surface area contributed by atoms with Gasteiger partial charge in [-0.05, 0) is 51.1 Å². The summed E-state index contributed by atoms with van der Waals surface area (Å²) in [5.74, 6) is 0.836. The van der Waals surface area contributed by atoms with Crippen molar-refractivity contribution in [3.05, 3.63) is 0 Å². The van der Waals surface area contributed by atoms with Gasteiger partial charge in [0.15, 0.2) is 0 Å². The lowest BCUT2D eigenvalue weighted by Gasteiger charge is -2.35. The summed E-state index contributed by atoms with van der Waals surface area (Å²) in [5, 5.41) is 0. The molecule has 0 spiro atoms. The Hall–Kier alpha value is -0.0800. The first-order valence-corrected chi connectivity index (χ1v) is 6.28. The summed E-state index contributed by atoms with van der Waals surface area (Å²) in [6, 6.07) is 1.06. The Bertz CT molecular complexity index is 191. The Balaban J connectivity index is 2.25. The van der Waals surface area contributed by atoms with Crippen LogP contribution in [0.3, 0.4) is 0 Å². The molecule has 0 aliphatic heterocycles. The Morgan fingerprint density at radius 2 is 1.87 bits per heavy atom. The topological polar surface area (TPSA) is 29.3 Å². The van der Waals surface area contributed by atoms with Crippen molar-refractivity contribution in [2.75, 3.05) is 13.6 Å². The van der Waals surface area contributed by atoms with E-state index < -0.39 is 0 Å². The normalized spacial score (nSPS) is 21.8. The van der Waals surface area contributed by atoms with Crippen molar-refractivity contribution in [3.8, 4) is 0 Å². The van der Waals surface area contributed by atoms with Crippen molar-refractivity contribution in [1.82, 2.24) is 4.90 Å². The van der Waals surface area contributed by atoms with Gasteiger partial charge >= 0.3 is 0 Å². The molecule has 15 heavy (non-hydrogen) atoms. The zero-order valence-corrected chi connectivity index (χ0v) is 11.1. The van der Waals surface area contributed by atoms with E-state index in [4.69, 9.17) is 5.73 Å². The van der Waals surface area contributed by atoms with Crippen molar-refractivity contribution in [3.63, 3.8) is 0 Å². The van der Waals surface area contributed by atoms with E-state index >= 15 is 0 Å². The summed E-state index contributed by atoms with van der Waals surface area (Å²) in [6.07, 6.45) is 3.88. The third-order valence-corrected chi connectivity index (χ3v) is 3.96. The van der Waals surface area contributed by atoms with Crippen LogP contribution in [-0.2, 0) is 0 Å². The van der Waals surface area contributed by atoms with Crippen LogP contribution in [-0.4, -0.2) is 30.6 Å². The fourth-order valence-corrected chi connectivity index (χ4v) is 1.97. The minimum Gasteiger partial charge on any atom is -0.327 e. The predicted molar refractivity (Wildman–Crippen MR) is 66.9 cm³/mol. The number of nitrogens with two attached hydrogens (primary N) is 1. The largest absolute Gasteiger partial charge is 0.327 e. The first-order valence-electron chi connectivity index (χ1n) is 6.28. The molecule has 0 heterocycles. The minimum atomic E-state index is 0.360. The van der Waals surface area contributed by atoms with Crippen LogP contribution in [0.4, 0.5) is 0 Å². The van der Waals surface area contributed by atoms with Gasteiger partial charge in [0.05, 0.1) is 0 Å². The molecule has 2 atom stereocenters. The van der Waals surface area contributed by atoms with E-state index in [1.807, 2.05) is 0 Å². The zero-order chi connectivity index (χ0) is 11.6. The van der Waals surface area contributed by atoms with E-state index in [1.165, 1.54) is 12.8 Å². The predicted octanol–water partition coefficient (Wildman–Crippen LogP) is 2.48. The van der Waals surface area contributed by atoms with Gasteiger partial charge in [-0.3, -0.25) is 0 Å². The van der Waals surface area contributed by atoms with Crippen molar-refractivity contribution >= 4 is 0 Å². The lowest BCUT2D eigenvalue weighted by Crippen LogP contribution is -2.41. The SMILES string of the molecule is CC(N(C)CCC(N)C1CC1)C(C)(C)C. The number of hydrogen-bond donors (Lipinski definition) is 1. The number of rotatable bonds is 5. The van der Waals surface area contributed by atoms with E-state index in [0.29, 0.717) is 17.5 Å². The molecule has 2 heteroatoms. The molecule has 1 fully saturated rings. The quantitative estimate of drug-likeness (QED) is 0.758. The molecule has 0 radical (unpaired) electrons. The van der Waals surface area contributed by atoms with Gasteiger partial charge in [-0.1, -0.05) is 20.8 Å². The van der Waals surface area contributed by atoms with Crippen molar-refractivity contribution in [2.24, 2.45) is 17.1 Å². The van der Waals surface area contributed by atoms with Gasteiger partial charge < -0.3 is 10.6 Å². The summed E-state index contributed by atoms with van der Waals surface area (Å²) < 4.78 is 0. The molecule has 0 aromatic carbocycles. The maximum atomic E-state index is 6.11. The van der Waals surface area contributed by atoms with Gasteiger partial charge in [0.2, 0.25) is 0 Å². The van der Waals surface area contributed by atoms with Gasteiger partial charge in [-0.2, -0.15) is 0 Å². The fourth-order valence-electron chi connectivity index (χ4n) is 1.97. The second-order valence-electron chi connectivity index (χ2n) is 6.31. The lowest BCUT2D eigenvalue weighted by molar-refractivity contribution is 0.136. The highest BCUT2D eigenvalue weighted by molar-refractivity contribution is 4.85. The number of hydrogen-bond acceptors (Lipinski definition) is 2. The summed E-state index contributed by atoms with van der Waals surface area (Å²) in [4.78, 5) is 2.45. The first-order chi connectivity index (χ1) is 6.82. The van der Waals surface area contributed by atoms with E-state index in [1.54, 1.807) is 0 Å².